The van der Waals surface area contributed by atoms with E-state index >= 15 is 0 Å². The Bertz CT molecular complexity index is 1020. The molecule has 0 amide bonds. The third-order valence-electron chi connectivity index (χ3n) is 4.43. The minimum Gasteiger partial charge on any atom is -0.356 e. The van der Waals surface area contributed by atoms with E-state index in [2.05, 4.69) is 56.4 Å². The number of hydrogen-bond donors (Lipinski definition) is 1. The molecule has 0 aliphatic carbocycles. The van der Waals surface area contributed by atoms with Crippen LogP contribution in [-0.4, -0.2) is 25.0 Å². The second-order valence-electron chi connectivity index (χ2n) is 6.27. The molecular formula is C20H20N6S. The number of pyridine rings is 1. The number of rotatable bonds is 6. The zero-order chi connectivity index (χ0) is 18.6. The van der Waals surface area contributed by atoms with Crippen LogP contribution < -0.4 is 5.32 Å². The standard InChI is InChI=1S/C20H20N6S/c1-14-17(15(2)26(25-14)13-16-8-4-3-5-9-16)12-22-20-24-23-19(27-20)18-10-6-7-11-21-18/h3-11H,12-13H2,1-2H3,(H,22,24). The molecule has 0 fully saturated rings. The molecule has 0 bridgehead atoms. The molecule has 4 rings (SSSR count). The lowest BCUT2D eigenvalue weighted by molar-refractivity contribution is 0.658. The van der Waals surface area contributed by atoms with E-state index in [1.54, 1.807) is 6.20 Å². The van der Waals surface area contributed by atoms with Gasteiger partial charge >= 0.3 is 0 Å². The van der Waals surface area contributed by atoms with Crippen LogP contribution in [0.3, 0.4) is 0 Å². The van der Waals surface area contributed by atoms with Gasteiger partial charge in [0.05, 0.1) is 12.2 Å². The first-order chi connectivity index (χ1) is 13.2. The van der Waals surface area contributed by atoms with Gasteiger partial charge in [0.1, 0.15) is 5.69 Å². The number of nitrogens with zero attached hydrogens (tertiary/aromatic N) is 5. The van der Waals surface area contributed by atoms with Crippen LogP contribution in [0.1, 0.15) is 22.5 Å². The molecule has 0 saturated carbocycles. The lowest BCUT2D eigenvalue weighted by atomic mass is 10.2. The highest BCUT2D eigenvalue weighted by molar-refractivity contribution is 7.18. The molecule has 3 heterocycles. The summed E-state index contributed by atoms with van der Waals surface area (Å²) in [6.07, 6.45) is 1.76. The van der Waals surface area contributed by atoms with Crippen LogP contribution >= 0.6 is 11.3 Å². The Labute approximate surface area is 161 Å². The van der Waals surface area contributed by atoms with Crippen molar-refractivity contribution in [2.75, 3.05) is 5.32 Å². The van der Waals surface area contributed by atoms with Gasteiger partial charge < -0.3 is 5.32 Å². The summed E-state index contributed by atoms with van der Waals surface area (Å²) >= 11 is 1.50. The molecule has 0 atom stereocenters. The first-order valence-corrected chi connectivity index (χ1v) is 9.58. The third kappa shape index (κ3) is 3.88. The summed E-state index contributed by atoms with van der Waals surface area (Å²) in [5.74, 6) is 0. The summed E-state index contributed by atoms with van der Waals surface area (Å²) in [7, 11) is 0. The fourth-order valence-corrected chi connectivity index (χ4v) is 3.67. The summed E-state index contributed by atoms with van der Waals surface area (Å²) in [6, 6.07) is 16.2. The van der Waals surface area contributed by atoms with Crippen LogP contribution in [0.5, 0.6) is 0 Å². The number of aryl methyl sites for hydroxylation is 1. The summed E-state index contributed by atoms with van der Waals surface area (Å²) in [4.78, 5) is 4.32. The van der Waals surface area contributed by atoms with Gasteiger partial charge in [0, 0.05) is 24.0 Å². The summed E-state index contributed by atoms with van der Waals surface area (Å²) in [6.45, 7) is 5.60. The predicted molar refractivity (Wildman–Crippen MR) is 108 cm³/mol. The highest BCUT2D eigenvalue weighted by Crippen LogP contribution is 2.25. The van der Waals surface area contributed by atoms with Crippen LogP contribution in [0.2, 0.25) is 0 Å². The van der Waals surface area contributed by atoms with Crippen molar-refractivity contribution in [3.05, 3.63) is 77.2 Å². The SMILES string of the molecule is Cc1nn(Cc2ccccc2)c(C)c1CNc1nnc(-c2ccccn2)s1. The zero-order valence-electron chi connectivity index (χ0n) is 15.3. The second-order valence-corrected chi connectivity index (χ2v) is 7.25. The summed E-state index contributed by atoms with van der Waals surface area (Å²) in [5, 5.41) is 18.1. The average molecular weight is 376 g/mol. The maximum atomic E-state index is 4.70. The molecule has 0 radical (unpaired) electrons. The largest absolute Gasteiger partial charge is 0.356 e. The van der Waals surface area contributed by atoms with Gasteiger partial charge in [0.25, 0.3) is 0 Å². The zero-order valence-corrected chi connectivity index (χ0v) is 16.1. The number of anilines is 1. The van der Waals surface area contributed by atoms with E-state index in [0.717, 1.165) is 28.1 Å². The minimum atomic E-state index is 0.670. The fraction of sp³-hybridized carbons (Fsp3) is 0.200. The van der Waals surface area contributed by atoms with E-state index in [9.17, 15) is 0 Å². The van der Waals surface area contributed by atoms with Crippen LogP contribution in [0.15, 0.2) is 54.7 Å². The molecule has 6 nitrogen and oxygen atoms in total. The van der Waals surface area contributed by atoms with Gasteiger partial charge in [-0.1, -0.05) is 47.7 Å². The molecule has 0 spiro atoms. The molecule has 7 heteroatoms. The third-order valence-corrected chi connectivity index (χ3v) is 5.34. The molecule has 0 aliphatic rings. The molecule has 4 aromatic rings. The van der Waals surface area contributed by atoms with Gasteiger partial charge in [-0.15, -0.1) is 10.2 Å². The smallest absolute Gasteiger partial charge is 0.206 e. The van der Waals surface area contributed by atoms with Crippen molar-refractivity contribution in [3.8, 4) is 10.7 Å². The molecule has 27 heavy (non-hydrogen) atoms. The van der Waals surface area contributed by atoms with Crippen LogP contribution in [-0.2, 0) is 13.1 Å². The van der Waals surface area contributed by atoms with Gasteiger partial charge in [0.2, 0.25) is 5.13 Å². The van der Waals surface area contributed by atoms with E-state index in [1.165, 1.54) is 28.2 Å². The maximum Gasteiger partial charge on any atom is 0.206 e. The number of benzene rings is 1. The van der Waals surface area contributed by atoms with Gasteiger partial charge in [0.15, 0.2) is 5.01 Å². The first kappa shape index (κ1) is 17.4. The van der Waals surface area contributed by atoms with Crippen LogP contribution in [0.25, 0.3) is 10.7 Å². The first-order valence-electron chi connectivity index (χ1n) is 8.76. The van der Waals surface area contributed by atoms with Crippen LogP contribution in [0.4, 0.5) is 5.13 Å². The molecular weight excluding hydrogens is 356 g/mol. The predicted octanol–water partition coefficient (Wildman–Crippen LogP) is 4.07. The topological polar surface area (TPSA) is 68.5 Å². The monoisotopic (exact) mass is 376 g/mol. The number of hydrogen-bond acceptors (Lipinski definition) is 6. The van der Waals surface area contributed by atoms with Crippen molar-refractivity contribution < 1.29 is 0 Å². The van der Waals surface area contributed by atoms with E-state index < -0.39 is 0 Å². The maximum absolute atomic E-state index is 4.70. The minimum absolute atomic E-state index is 0.670. The molecule has 0 aliphatic heterocycles. The molecule has 3 aromatic heterocycles. The van der Waals surface area contributed by atoms with Gasteiger partial charge in [-0.3, -0.25) is 9.67 Å². The lowest BCUT2D eigenvalue weighted by Crippen LogP contribution is -2.05. The van der Waals surface area contributed by atoms with E-state index in [1.807, 2.05) is 31.2 Å². The summed E-state index contributed by atoms with van der Waals surface area (Å²) < 4.78 is 2.06. The average Bonchev–Trinajstić information content (AvgIpc) is 3.27. The Kier molecular flexibility index (Phi) is 4.93. The highest BCUT2D eigenvalue weighted by Gasteiger charge is 2.13. The fourth-order valence-electron chi connectivity index (χ4n) is 2.95. The van der Waals surface area contributed by atoms with E-state index in [0.29, 0.717) is 6.54 Å². The molecule has 0 saturated heterocycles. The van der Waals surface area contributed by atoms with Gasteiger partial charge in [-0.2, -0.15) is 5.10 Å². The Morgan fingerprint density at radius 3 is 2.59 bits per heavy atom. The Morgan fingerprint density at radius 1 is 1.00 bits per heavy atom. The Balaban J connectivity index is 1.47. The number of nitrogens with one attached hydrogen (secondary N) is 1. The van der Waals surface area contributed by atoms with Crippen molar-refractivity contribution >= 4 is 16.5 Å². The summed E-state index contributed by atoms with van der Waals surface area (Å²) in [5.41, 5.74) is 5.47. The normalized spacial score (nSPS) is 10.9. The molecule has 1 N–H and O–H groups in total. The van der Waals surface area contributed by atoms with Crippen molar-refractivity contribution in [2.24, 2.45) is 0 Å². The van der Waals surface area contributed by atoms with Gasteiger partial charge in [-0.25, -0.2) is 0 Å². The van der Waals surface area contributed by atoms with Gasteiger partial charge in [-0.05, 0) is 31.5 Å². The second kappa shape index (κ2) is 7.67. The highest BCUT2D eigenvalue weighted by atomic mass is 32.1. The van der Waals surface area contributed by atoms with Crippen LogP contribution in [0, 0.1) is 13.8 Å². The van der Waals surface area contributed by atoms with E-state index in [4.69, 9.17) is 5.10 Å². The Morgan fingerprint density at radius 2 is 1.81 bits per heavy atom. The van der Waals surface area contributed by atoms with E-state index in [-0.39, 0.29) is 0 Å². The van der Waals surface area contributed by atoms with Crippen molar-refractivity contribution in [3.63, 3.8) is 0 Å². The molecule has 1 aromatic carbocycles. The molecule has 0 unspecified atom stereocenters. The van der Waals surface area contributed by atoms with Crippen molar-refractivity contribution in [1.29, 1.82) is 0 Å². The number of aromatic nitrogens is 5. The molecule has 136 valence electrons. The van der Waals surface area contributed by atoms with Crippen molar-refractivity contribution in [2.45, 2.75) is 26.9 Å². The Hall–Kier alpha value is -3.06. The quantitative estimate of drug-likeness (QED) is 0.549. The van der Waals surface area contributed by atoms with Crippen molar-refractivity contribution in [1.82, 2.24) is 25.0 Å². The lowest BCUT2D eigenvalue weighted by Gasteiger charge is -2.06.